The first-order valence-electron chi connectivity index (χ1n) is 8.08. The van der Waals surface area contributed by atoms with E-state index in [0.29, 0.717) is 5.69 Å². The van der Waals surface area contributed by atoms with Gasteiger partial charge in [-0.15, -0.1) is 0 Å². The van der Waals surface area contributed by atoms with Gasteiger partial charge in [0.2, 0.25) is 0 Å². The Morgan fingerprint density at radius 3 is 2.61 bits per heavy atom. The van der Waals surface area contributed by atoms with Crippen molar-refractivity contribution in [3.63, 3.8) is 0 Å². The van der Waals surface area contributed by atoms with Gasteiger partial charge in [-0.1, -0.05) is 12.1 Å². The lowest BCUT2D eigenvalue weighted by Crippen LogP contribution is -2.60. The molecule has 1 amide bonds. The van der Waals surface area contributed by atoms with Crippen LogP contribution in [0.3, 0.4) is 0 Å². The molecule has 4 nitrogen and oxygen atoms in total. The van der Waals surface area contributed by atoms with Crippen LogP contribution in [0.15, 0.2) is 42.6 Å². The number of carbonyl (C=O) groups excluding carboxylic acids is 1. The minimum Gasteiger partial charge on any atom is -0.357 e. The molecule has 0 saturated carbocycles. The summed E-state index contributed by atoms with van der Waals surface area (Å²) in [6, 6.07) is 10.4. The standard InChI is InChI=1S/C18H20FN3O/c19-15-5-3-14(4-6-15)12-22-11-8-18(22)7-10-21(13-18)17(23)16-2-1-9-20-16/h1-6,9,20H,7-8,10-13H2. The van der Waals surface area contributed by atoms with Crippen LogP contribution in [0.2, 0.25) is 0 Å². The maximum atomic E-state index is 13.0. The average molecular weight is 313 g/mol. The van der Waals surface area contributed by atoms with Crippen LogP contribution >= 0.6 is 0 Å². The largest absolute Gasteiger partial charge is 0.357 e. The van der Waals surface area contributed by atoms with Crippen molar-refractivity contribution >= 4 is 5.91 Å². The molecule has 0 radical (unpaired) electrons. The lowest BCUT2D eigenvalue weighted by atomic mass is 9.83. The molecule has 4 rings (SSSR count). The minimum absolute atomic E-state index is 0.0838. The third kappa shape index (κ3) is 2.55. The third-order valence-corrected chi connectivity index (χ3v) is 5.25. The van der Waals surface area contributed by atoms with Gasteiger partial charge < -0.3 is 9.88 Å². The lowest BCUT2D eigenvalue weighted by molar-refractivity contribution is -0.0131. The van der Waals surface area contributed by atoms with E-state index in [0.717, 1.165) is 44.6 Å². The van der Waals surface area contributed by atoms with Crippen molar-refractivity contribution in [2.45, 2.75) is 24.9 Å². The fourth-order valence-corrected chi connectivity index (χ4v) is 3.77. The number of hydrogen-bond acceptors (Lipinski definition) is 2. The van der Waals surface area contributed by atoms with Crippen molar-refractivity contribution in [3.05, 3.63) is 59.7 Å². The summed E-state index contributed by atoms with van der Waals surface area (Å²) in [5, 5.41) is 0. The number of likely N-dealkylation sites (tertiary alicyclic amines) is 2. The first kappa shape index (κ1) is 14.5. The van der Waals surface area contributed by atoms with Crippen LogP contribution in [0.25, 0.3) is 0 Å². The number of halogens is 1. The zero-order chi connectivity index (χ0) is 15.9. The Balaban J connectivity index is 1.43. The van der Waals surface area contributed by atoms with Gasteiger partial charge in [-0.3, -0.25) is 9.69 Å². The summed E-state index contributed by atoms with van der Waals surface area (Å²) < 4.78 is 13.0. The molecule has 5 heteroatoms. The Morgan fingerprint density at radius 2 is 1.96 bits per heavy atom. The highest BCUT2D eigenvalue weighted by molar-refractivity contribution is 5.92. The highest BCUT2D eigenvalue weighted by Gasteiger charge is 2.50. The molecule has 2 aliphatic rings. The van der Waals surface area contributed by atoms with Gasteiger partial charge in [0, 0.05) is 37.9 Å². The van der Waals surface area contributed by atoms with Gasteiger partial charge in [-0.2, -0.15) is 0 Å². The molecule has 1 aromatic carbocycles. The average Bonchev–Trinajstić information content (AvgIpc) is 3.23. The molecule has 2 fully saturated rings. The van der Waals surface area contributed by atoms with Crippen molar-refractivity contribution in [1.82, 2.24) is 14.8 Å². The Bertz CT molecular complexity index is 698. The van der Waals surface area contributed by atoms with Crippen molar-refractivity contribution in [3.8, 4) is 0 Å². The monoisotopic (exact) mass is 313 g/mol. The third-order valence-electron chi connectivity index (χ3n) is 5.25. The number of aromatic nitrogens is 1. The highest BCUT2D eigenvalue weighted by atomic mass is 19.1. The van der Waals surface area contributed by atoms with E-state index in [1.165, 1.54) is 12.1 Å². The molecule has 23 heavy (non-hydrogen) atoms. The molecule has 120 valence electrons. The second-order valence-corrected chi connectivity index (χ2v) is 6.58. The van der Waals surface area contributed by atoms with Crippen LogP contribution in [-0.4, -0.2) is 45.9 Å². The number of benzene rings is 1. The number of rotatable bonds is 3. The van der Waals surface area contributed by atoms with E-state index < -0.39 is 0 Å². The zero-order valence-corrected chi connectivity index (χ0v) is 13.0. The summed E-state index contributed by atoms with van der Waals surface area (Å²) in [4.78, 5) is 19.8. The zero-order valence-electron chi connectivity index (χ0n) is 13.0. The van der Waals surface area contributed by atoms with Crippen LogP contribution < -0.4 is 0 Å². The number of nitrogens with zero attached hydrogens (tertiary/aromatic N) is 2. The molecule has 2 aliphatic heterocycles. The van der Waals surface area contributed by atoms with Gasteiger partial charge >= 0.3 is 0 Å². The number of nitrogens with one attached hydrogen (secondary N) is 1. The molecule has 1 unspecified atom stereocenters. The number of aromatic amines is 1. The topological polar surface area (TPSA) is 39.3 Å². The summed E-state index contributed by atoms with van der Waals surface area (Å²) >= 11 is 0. The van der Waals surface area contributed by atoms with Gasteiger partial charge in [0.05, 0.1) is 0 Å². The summed E-state index contributed by atoms with van der Waals surface area (Å²) in [6.07, 6.45) is 3.92. The van der Waals surface area contributed by atoms with Crippen molar-refractivity contribution in [1.29, 1.82) is 0 Å². The van der Waals surface area contributed by atoms with Gasteiger partial charge in [0.25, 0.3) is 5.91 Å². The first-order valence-corrected chi connectivity index (χ1v) is 8.08. The Labute approximate surface area is 134 Å². The molecule has 1 atom stereocenters. The van der Waals surface area contributed by atoms with E-state index in [1.807, 2.05) is 29.2 Å². The van der Waals surface area contributed by atoms with Crippen molar-refractivity contribution in [2.24, 2.45) is 0 Å². The molecule has 1 aromatic heterocycles. The predicted molar refractivity (Wildman–Crippen MR) is 85.5 cm³/mol. The summed E-state index contributed by atoms with van der Waals surface area (Å²) in [7, 11) is 0. The van der Waals surface area contributed by atoms with E-state index in [-0.39, 0.29) is 17.3 Å². The van der Waals surface area contributed by atoms with E-state index in [4.69, 9.17) is 0 Å². The lowest BCUT2D eigenvalue weighted by Gasteiger charge is -2.50. The molecule has 0 bridgehead atoms. The second kappa shape index (κ2) is 5.49. The van der Waals surface area contributed by atoms with Gasteiger partial charge in [-0.05, 0) is 42.7 Å². The number of hydrogen-bond donors (Lipinski definition) is 1. The van der Waals surface area contributed by atoms with E-state index in [2.05, 4.69) is 9.88 Å². The van der Waals surface area contributed by atoms with Gasteiger partial charge in [0.15, 0.2) is 0 Å². The maximum absolute atomic E-state index is 13.0. The SMILES string of the molecule is O=C(c1ccc[nH]1)N1CCC2(CCN2Cc2ccc(F)cc2)C1. The number of H-pyrrole nitrogens is 1. The normalized spacial score (nSPS) is 24.1. The first-order chi connectivity index (χ1) is 11.2. The fraction of sp³-hybridized carbons (Fsp3) is 0.389. The molecule has 2 aromatic rings. The second-order valence-electron chi connectivity index (χ2n) is 6.58. The van der Waals surface area contributed by atoms with Crippen molar-refractivity contribution < 1.29 is 9.18 Å². The molecular weight excluding hydrogens is 293 g/mol. The highest BCUT2D eigenvalue weighted by Crippen LogP contribution is 2.40. The quantitative estimate of drug-likeness (QED) is 0.946. The van der Waals surface area contributed by atoms with Crippen LogP contribution in [0.1, 0.15) is 28.9 Å². The van der Waals surface area contributed by atoms with E-state index in [1.54, 1.807) is 6.20 Å². The number of carbonyl (C=O) groups is 1. The molecule has 3 heterocycles. The van der Waals surface area contributed by atoms with E-state index >= 15 is 0 Å². The fourth-order valence-electron chi connectivity index (χ4n) is 3.77. The molecular formula is C18H20FN3O. The Hall–Kier alpha value is -2.14. The Morgan fingerprint density at radius 1 is 1.17 bits per heavy atom. The van der Waals surface area contributed by atoms with Crippen LogP contribution in [-0.2, 0) is 6.54 Å². The molecule has 1 spiro atoms. The minimum atomic E-state index is -0.198. The summed E-state index contributed by atoms with van der Waals surface area (Å²) in [5.41, 5.74) is 1.89. The summed E-state index contributed by atoms with van der Waals surface area (Å²) in [6.45, 7) is 3.45. The van der Waals surface area contributed by atoms with Crippen LogP contribution in [0.5, 0.6) is 0 Å². The smallest absolute Gasteiger partial charge is 0.270 e. The van der Waals surface area contributed by atoms with Gasteiger partial charge in [-0.25, -0.2) is 4.39 Å². The van der Waals surface area contributed by atoms with Crippen molar-refractivity contribution in [2.75, 3.05) is 19.6 Å². The maximum Gasteiger partial charge on any atom is 0.270 e. The van der Waals surface area contributed by atoms with Crippen LogP contribution in [0, 0.1) is 5.82 Å². The molecule has 0 aliphatic carbocycles. The number of amides is 1. The van der Waals surface area contributed by atoms with E-state index in [9.17, 15) is 9.18 Å². The molecule has 2 saturated heterocycles. The van der Waals surface area contributed by atoms with Crippen LogP contribution in [0.4, 0.5) is 4.39 Å². The predicted octanol–water partition coefficient (Wildman–Crippen LogP) is 2.64. The van der Waals surface area contributed by atoms with Gasteiger partial charge in [0.1, 0.15) is 11.5 Å². The Kier molecular flexibility index (Phi) is 3.45. The molecule has 1 N–H and O–H groups in total. The summed E-state index contributed by atoms with van der Waals surface area (Å²) in [5.74, 6) is -0.115.